The zero-order chi connectivity index (χ0) is 16.1. The lowest BCUT2D eigenvalue weighted by Crippen LogP contribution is -2.36. The van der Waals surface area contributed by atoms with Gasteiger partial charge in [0, 0.05) is 37.7 Å². The molecule has 10 heteroatoms. The molecule has 0 aromatic carbocycles. The Morgan fingerprint density at radius 1 is 1.32 bits per heavy atom. The second kappa shape index (κ2) is 4.92. The van der Waals surface area contributed by atoms with Crippen LogP contribution in [0.1, 0.15) is 12.1 Å². The monoisotopic (exact) mass is 335 g/mol. The predicted octanol–water partition coefficient (Wildman–Crippen LogP) is 0.609. The minimum atomic E-state index is -4.85. The number of halogens is 3. The molecule has 3 heterocycles. The quantitative estimate of drug-likeness (QED) is 0.859. The molecule has 22 heavy (non-hydrogen) atoms. The van der Waals surface area contributed by atoms with Crippen LogP contribution in [0.25, 0.3) is 0 Å². The molecule has 0 aliphatic carbocycles. The van der Waals surface area contributed by atoms with Crippen molar-refractivity contribution in [2.45, 2.75) is 23.5 Å². The number of nitrogens with one attached hydrogen (secondary N) is 1. The molecule has 0 radical (unpaired) electrons. The Labute approximate surface area is 124 Å². The second-order valence-electron chi connectivity index (χ2n) is 5.31. The number of carbonyl (C=O) groups excluding carboxylic acids is 1. The molecule has 1 N–H and O–H groups in total. The van der Waals surface area contributed by atoms with Crippen LogP contribution < -0.4 is 5.32 Å². The van der Waals surface area contributed by atoms with Crippen LogP contribution in [-0.2, 0) is 21.0 Å². The standard InChI is InChI=1S/C12H12F3N3O3S/c13-12(14,15)11-9(2-1-3-16-11)22(20,21)18-5-7-4-10(19)17-8(7)6-18/h1-3,7-8H,4-6H2,(H,17,19)/t7-,8+/m0/s1. The van der Waals surface area contributed by atoms with Gasteiger partial charge in [-0.05, 0) is 12.1 Å². The molecule has 1 aromatic rings. The largest absolute Gasteiger partial charge is 0.434 e. The first-order valence-corrected chi connectivity index (χ1v) is 7.95. The number of hydrogen-bond acceptors (Lipinski definition) is 4. The summed E-state index contributed by atoms with van der Waals surface area (Å²) >= 11 is 0. The Hall–Kier alpha value is -1.68. The van der Waals surface area contributed by atoms with Gasteiger partial charge in [0.2, 0.25) is 15.9 Å². The molecule has 2 aliphatic heterocycles. The average molecular weight is 335 g/mol. The van der Waals surface area contributed by atoms with Gasteiger partial charge in [0.15, 0.2) is 5.69 Å². The topological polar surface area (TPSA) is 79.4 Å². The Bertz CT molecular complexity index is 704. The van der Waals surface area contributed by atoms with Crippen molar-refractivity contribution < 1.29 is 26.4 Å². The van der Waals surface area contributed by atoms with E-state index in [0.717, 1.165) is 22.6 Å². The highest BCUT2D eigenvalue weighted by molar-refractivity contribution is 7.89. The van der Waals surface area contributed by atoms with Crippen LogP contribution >= 0.6 is 0 Å². The van der Waals surface area contributed by atoms with Crippen molar-refractivity contribution in [2.24, 2.45) is 5.92 Å². The van der Waals surface area contributed by atoms with Gasteiger partial charge in [-0.15, -0.1) is 0 Å². The molecule has 120 valence electrons. The molecule has 0 bridgehead atoms. The SMILES string of the molecule is O=C1C[C@H]2CN(S(=O)(=O)c3cccnc3C(F)(F)F)C[C@H]2N1. The van der Waals surface area contributed by atoms with E-state index in [2.05, 4.69) is 10.3 Å². The second-order valence-corrected chi connectivity index (χ2v) is 7.21. The number of nitrogens with zero attached hydrogens (tertiary/aromatic N) is 2. The summed E-state index contributed by atoms with van der Waals surface area (Å²) in [6, 6.07) is 1.71. The van der Waals surface area contributed by atoms with Gasteiger partial charge in [0.1, 0.15) is 4.90 Å². The van der Waals surface area contributed by atoms with Gasteiger partial charge < -0.3 is 5.32 Å². The number of alkyl halides is 3. The first-order chi connectivity index (χ1) is 10.2. The van der Waals surface area contributed by atoms with Crippen molar-refractivity contribution in [2.75, 3.05) is 13.1 Å². The van der Waals surface area contributed by atoms with Crippen LogP contribution in [-0.4, -0.2) is 42.7 Å². The molecular formula is C12H12F3N3O3S. The van der Waals surface area contributed by atoms with Gasteiger partial charge in [-0.2, -0.15) is 17.5 Å². The summed E-state index contributed by atoms with van der Waals surface area (Å²) in [7, 11) is -4.31. The Morgan fingerprint density at radius 2 is 2.05 bits per heavy atom. The maximum Gasteiger partial charge on any atom is 0.434 e. The van der Waals surface area contributed by atoms with E-state index in [1.165, 1.54) is 0 Å². The van der Waals surface area contributed by atoms with Gasteiger partial charge >= 0.3 is 6.18 Å². The maximum atomic E-state index is 12.9. The summed E-state index contributed by atoms with van der Waals surface area (Å²) in [5.74, 6) is -0.363. The fourth-order valence-electron chi connectivity index (χ4n) is 2.85. The molecule has 6 nitrogen and oxygen atoms in total. The van der Waals surface area contributed by atoms with Crippen LogP contribution in [0.15, 0.2) is 23.2 Å². The number of hydrogen-bond donors (Lipinski definition) is 1. The molecule has 3 rings (SSSR count). The van der Waals surface area contributed by atoms with E-state index in [4.69, 9.17) is 0 Å². The van der Waals surface area contributed by atoms with E-state index in [-0.39, 0.29) is 37.4 Å². The van der Waals surface area contributed by atoms with E-state index >= 15 is 0 Å². The zero-order valence-electron chi connectivity index (χ0n) is 11.2. The van der Waals surface area contributed by atoms with Gasteiger partial charge in [0.05, 0.1) is 0 Å². The highest BCUT2D eigenvalue weighted by Gasteiger charge is 2.47. The Kier molecular flexibility index (Phi) is 3.40. The average Bonchev–Trinajstić information content (AvgIpc) is 2.95. The van der Waals surface area contributed by atoms with Crippen molar-refractivity contribution in [3.63, 3.8) is 0 Å². The van der Waals surface area contributed by atoms with Crippen LogP contribution in [0.5, 0.6) is 0 Å². The third kappa shape index (κ3) is 2.45. The van der Waals surface area contributed by atoms with Gasteiger partial charge in [0.25, 0.3) is 0 Å². The number of amides is 1. The number of fused-ring (bicyclic) bond motifs is 1. The van der Waals surface area contributed by atoms with Crippen molar-refractivity contribution in [1.29, 1.82) is 0 Å². The Morgan fingerprint density at radius 3 is 2.68 bits per heavy atom. The molecule has 1 aromatic heterocycles. The van der Waals surface area contributed by atoms with Gasteiger partial charge in [-0.1, -0.05) is 0 Å². The van der Waals surface area contributed by atoms with Crippen LogP contribution in [0, 0.1) is 5.92 Å². The minimum absolute atomic E-state index is 0.0229. The van der Waals surface area contributed by atoms with E-state index in [0.29, 0.717) is 0 Å². The van der Waals surface area contributed by atoms with E-state index in [9.17, 15) is 26.4 Å². The van der Waals surface area contributed by atoms with Crippen LogP contribution in [0.2, 0.25) is 0 Å². The number of carbonyl (C=O) groups is 1. The van der Waals surface area contributed by atoms with Gasteiger partial charge in [-0.25, -0.2) is 8.42 Å². The summed E-state index contributed by atoms with van der Waals surface area (Å²) in [4.78, 5) is 13.5. The highest BCUT2D eigenvalue weighted by Crippen LogP contribution is 2.36. The molecular weight excluding hydrogens is 323 g/mol. The minimum Gasteiger partial charge on any atom is -0.352 e. The smallest absolute Gasteiger partial charge is 0.352 e. The van der Waals surface area contributed by atoms with Crippen molar-refractivity contribution in [1.82, 2.24) is 14.6 Å². The summed E-state index contributed by atoms with van der Waals surface area (Å²) in [5, 5.41) is 2.63. The lowest BCUT2D eigenvalue weighted by atomic mass is 10.1. The fraction of sp³-hybridized carbons (Fsp3) is 0.500. The highest BCUT2D eigenvalue weighted by atomic mass is 32.2. The van der Waals surface area contributed by atoms with Crippen molar-refractivity contribution in [3.05, 3.63) is 24.0 Å². The summed E-state index contributed by atoms with van der Waals surface area (Å²) in [6.45, 7) is 0.00284. The fourth-order valence-corrected chi connectivity index (χ4v) is 4.54. The number of pyridine rings is 1. The lowest BCUT2D eigenvalue weighted by molar-refractivity contribution is -0.143. The summed E-state index contributed by atoms with van der Waals surface area (Å²) < 4.78 is 64.8. The number of sulfonamides is 1. The van der Waals surface area contributed by atoms with Gasteiger partial charge in [-0.3, -0.25) is 9.78 Å². The lowest BCUT2D eigenvalue weighted by Gasteiger charge is -2.19. The number of rotatable bonds is 2. The molecule has 0 spiro atoms. The third-order valence-electron chi connectivity index (χ3n) is 3.86. The van der Waals surface area contributed by atoms with E-state index in [1.807, 2.05) is 0 Å². The maximum absolute atomic E-state index is 12.9. The molecule has 2 aliphatic rings. The first kappa shape index (κ1) is 15.2. The molecule has 1 amide bonds. The predicted molar refractivity (Wildman–Crippen MR) is 68.0 cm³/mol. The van der Waals surface area contributed by atoms with Crippen LogP contribution in [0.3, 0.4) is 0 Å². The van der Waals surface area contributed by atoms with Crippen molar-refractivity contribution >= 4 is 15.9 Å². The van der Waals surface area contributed by atoms with E-state index < -0.39 is 26.8 Å². The molecule has 2 saturated heterocycles. The molecule has 2 atom stereocenters. The van der Waals surface area contributed by atoms with Crippen LogP contribution in [0.4, 0.5) is 13.2 Å². The zero-order valence-corrected chi connectivity index (χ0v) is 12.0. The molecule has 0 unspecified atom stereocenters. The van der Waals surface area contributed by atoms with E-state index in [1.54, 1.807) is 0 Å². The Balaban J connectivity index is 1.94. The van der Waals surface area contributed by atoms with Crippen molar-refractivity contribution in [3.8, 4) is 0 Å². The molecule has 0 saturated carbocycles. The molecule has 2 fully saturated rings. The number of aromatic nitrogens is 1. The summed E-state index contributed by atoms with van der Waals surface area (Å²) in [5.41, 5.74) is -1.42. The third-order valence-corrected chi connectivity index (χ3v) is 5.72. The normalized spacial score (nSPS) is 26.0. The summed E-state index contributed by atoms with van der Waals surface area (Å²) in [6.07, 6.45) is -3.76. The first-order valence-electron chi connectivity index (χ1n) is 6.51.